The lowest BCUT2D eigenvalue weighted by atomic mass is 10.2. The molecule has 5 heteroatoms. The Bertz CT molecular complexity index is 372. The van der Waals surface area contributed by atoms with Crippen molar-refractivity contribution in [1.82, 2.24) is 9.88 Å². The van der Waals surface area contributed by atoms with Crippen molar-refractivity contribution in [2.24, 2.45) is 0 Å². The van der Waals surface area contributed by atoms with Gasteiger partial charge in [0.25, 0.3) is 0 Å². The first-order valence-electron chi connectivity index (χ1n) is 5.99. The summed E-state index contributed by atoms with van der Waals surface area (Å²) in [6, 6.07) is 2.20. The third-order valence-electron chi connectivity index (χ3n) is 2.82. The Labute approximate surface area is 114 Å². The molecule has 18 heavy (non-hydrogen) atoms. The lowest BCUT2D eigenvalue weighted by molar-refractivity contribution is 0.219. The highest BCUT2D eigenvalue weighted by molar-refractivity contribution is 6.18. The van der Waals surface area contributed by atoms with Crippen LogP contribution in [0.5, 0.6) is 11.5 Å². The molecule has 1 aromatic heterocycles. The molecule has 1 aromatic rings. The van der Waals surface area contributed by atoms with Crippen molar-refractivity contribution in [3.05, 3.63) is 18.0 Å². The molecule has 0 atom stereocenters. The molecule has 1 rings (SSSR count). The van der Waals surface area contributed by atoms with E-state index in [4.69, 9.17) is 21.1 Å². The van der Waals surface area contributed by atoms with Crippen molar-refractivity contribution in [3.63, 3.8) is 0 Å². The van der Waals surface area contributed by atoms with Gasteiger partial charge in [-0.1, -0.05) is 0 Å². The number of nitrogens with zero attached hydrogens (tertiary/aromatic N) is 2. The Hall–Kier alpha value is -1.00. The summed E-state index contributed by atoms with van der Waals surface area (Å²) in [7, 11) is 3.25. The monoisotopic (exact) mass is 272 g/mol. The van der Waals surface area contributed by atoms with E-state index in [0.29, 0.717) is 30.0 Å². The number of halogens is 1. The average Bonchev–Trinajstić information content (AvgIpc) is 2.37. The van der Waals surface area contributed by atoms with Crippen molar-refractivity contribution in [3.8, 4) is 11.5 Å². The first-order chi connectivity index (χ1) is 8.63. The minimum Gasteiger partial charge on any atom is -0.493 e. The SMILES string of the molecule is COc1ccnc(CN(CCCl)C(C)C)c1OC. The summed E-state index contributed by atoms with van der Waals surface area (Å²) >= 11 is 5.82. The van der Waals surface area contributed by atoms with Gasteiger partial charge >= 0.3 is 0 Å². The Morgan fingerprint density at radius 1 is 1.33 bits per heavy atom. The maximum Gasteiger partial charge on any atom is 0.183 e. The van der Waals surface area contributed by atoms with Gasteiger partial charge in [0, 0.05) is 37.3 Å². The fraction of sp³-hybridized carbons (Fsp3) is 0.615. The quantitative estimate of drug-likeness (QED) is 0.715. The van der Waals surface area contributed by atoms with Crippen molar-refractivity contribution < 1.29 is 9.47 Å². The van der Waals surface area contributed by atoms with E-state index < -0.39 is 0 Å². The van der Waals surface area contributed by atoms with E-state index in [-0.39, 0.29) is 0 Å². The lowest BCUT2D eigenvalue weighted by Gasteiger charge is -2.26. The summed E-state index contributed by atoms with van der Waals surface area (Å²) in [5, 5.41) is 0. The van der Waals surface area contributed by atoms with Crippen molar-refractivity contribution >= 4 is 11.6 Å². The first kappa shape index (κ1) is 15.1. The smallest absolute Gasteiger partial charge is 0.183 e. The number of methoxy groups -OCH3 is 2. The van der Waals surface area contributed by atoms with E-state index in [1.807, 2.05) is 0 Å². The van der Waals surface area contributed by atoms with Gasteiger partial charge in [-0.05, 0) is 13.8 Å². The van der Waals surface area contributed by atoms with Crippen LogP contribution in [0.1, 0.15) is 19.5 Å². The zero-order valence-corrected chi connectivity index (χ0v) is 12.2. The predicted octanol–water partition coefficient (Wildman–Crippen LogP) is 2.55. The van der Waals surface area contributed by atoms with Gasteiger partial charge in [-0.15, -0.1) is 11.6 Å². The highest BCUT2D eigenvalue weighted by atomic mass is 35.5. The van der Waals surface area contributed by atoms with Gasteiger partial charge < -0.3 is 9.47 Å². The number of rotatable bonds is 7. The van der Waals surface area contributed by atoms with Crippen LogP contribution in [0.25, 0.3) is 0 Å². The van der Waals surface area contributed by atoms with Crippen LogP contribution in [-0.4, -0.2) is 42.6 Å². The molecule has 0 aliphatic carbocycles. The van der Waals surface area contributed by atoms with Crippen LogP contribution in [0, 0.1) is 0 Å². The Balaban J connectivity index is 2.94. The third kappa shape index (κ3) is 3.75. The summed E-state index contributed by atoms with van der Waals surface area (Å²) in [5.41, 5.74) is 0.871. The molecule has 0 spiro atoms. The number of alkyl halides is 1. The predicted molar refractivity (Wildman–Crippen MR) is 73.6 cm³/mol. The summed E-state index contributed by atoms with van der Waals surface area (Å²) in [6.45, 7) is 5.80. The molecule has 0 aliphatic rings. The molecule has 0 aliphatic heterocycles. The molecule has 1 heterocycles. The third-order valence-corrected chi connectivity index (χ3v) is 2.99. The van der Waals surface area contributed by atoms with Crippen LogP contribution in [0.15, 0.2) is 12.3 Å². The van der Waals surface area contributed by atoms with Gasteiger partial charge in [0.05, 0.1) is 14.2 Å². The standard InChI is InChI=1S/C13H21ClN2O2/c1-10(2)16(8-6-14)9-11-13(18-4)12(17-3)5-7-15-11/h5,7,10H,6,8-9H2,1-4H3. The number of ether oxygens (including phenoxy) is 2. The molecule has 0 bridgehead atoms. The van der Waals surface area contributed by atoms with Crippen LogP contribution >= 0.6 is 11.6 Å². The summed E-state index contributed by atoms with van der Waals surface area (Å²) in [6.07, 6.45) is 1.73. The highest BCUT2D eigenvalue weighted by Crippen LogP contribution is 2.30. The highest BCUT2D eigenvalue weighted by Gasteiger charge is 2.16. The van der Waals surface area contributed by atoms with Crippen molar-refractivity contribution in [2.75, 3.05) is 26.6 Å². The Morgan fingerprint density at radius 3 is 2.56 bits per heavy atom. The summed E-state index contributed by atoms with van der Waals surface area (Å²) in [5.74, 6) is 2.00. The molecule has 102 valence electrons. The zero-order chi connectivity index (χ0) is 13.5. The van der Waals surface area contributed by atoms with Gasteiger partial charge in [-0.2, -0.15) is 0 Å². The maximum atomic E-state index is 5.82. The fourth-order valence-corrected chi connectivity index (χ4v) is 2.00. The molecular formula is C13H21ClN2O2. The second kappa shape index (κ2) is 7.44. The van der Waals surface area contributed by atoms with Crippen LogP contribution in [0.3, 0.4) is 0 Å². The molecule has 0 radical (unpaired) electrons. The molecule has 0 saturated carbocycles. The van der Waals surface area contributed by atoms with Gasteiger partial charge in [0.15, 0.2) is 11.5 Å². The molecule has 0 N–H and O–H groups in total. The van der Waals surface area contributed by atoms with E-state index in [1.165, 1.54) is 0 Å². The minimum atomic E-state index is 0.404. The Kier molecular flexibility index (Phi) is 6.22. The molecule has 0 unspecified atom stereocenters. The van der Waals surface area contributed by atoms with Crippen LogP contribution in [0.4, 0.5) is 0 Å². The van der Waals surface area contributed by atoms with Gasteiger partial charge in [0.1, 0.15) is 5.69 Å². The number of aromatic nitrogens is 1. The lowest BCUT2D eigenvalue weighted by Crippen LogP contribution is -2.32. The second-order valence-corrected chi connectivity index (χ2v) is 4.62. The number of hydrogen-bond donors (Lipinski definition) is 0. The second-order valence-electron chi connectivity index (χ2n) is 4.25. The van der Waals surface area contributed by atoms with Gasteiger partial charge in [-0.25, -0.2) is 0 Å². The van der Waals surface area contributed by atoms with Crippen molar-refractivity contribution in [2.45, 2.75) is 26.4 Å². The van der Waals surface area contributed by atoms with Gasteiger partial charge in [-0.3, -0.25) is 9.88 Å². The van der Waals surface area contributed by atoms with E-state index in [9.17, 15) is 0 Å². The fourth-order valence-electron chi connectivity index (χ4n) is 1.78. The molecule has 0 fully saturated rings. The molecular weight excluding hydrogens is 252 g/mol. The topological polar surface area (TPSA) is 34.6 Å². The molecule has 4 nitrogen and oxygen atoms in total. The maximum absolute atomic E-state index is 5.82. The average molecular weight is 273 g/mol. The summed E-state index contributed by atoms with van der Waals surface area (Å²) < 4.78 is 10.6. The van der Waals surface area contributed by atoms with E-state index in [2.05, 4.69) is 23.7 Å². The number of pyridine rings is 1. The normalized spacial score (nSPS) is 11.1. The van der Waals surface area contributed by atoms with E-state index >= 15 is 0 Å². The van der Waals surface area contributed by atoms with Crippen LogP contribution in [-0.2, 0) is 6.54 Å². The van der Waals surface area contributed by atoms with E-state index in [0.717, 1.165) is 12.2 Å². The van der Waals surface area contributed by atoms with E-state index in [1.54, 1.807) is 26.5 Å². The molecule has 0 aromatic carbocycles. The zero-order valence-electron chi connectivity index (χ0n) is 11.4. The summed E-state index contributed by atoms with van der Waals surface area (Å²) in [4.78, 5) is 6.62. The van der Waals surface area contributed by atoms with Gasteiger partial charge in [0.2, 0.25) is 0 Å². The van der Waals surface area contributed by atoms with Crippen LogP contribution < -0.4 is 9.47 Å². The Morgan fingerprint density at radius 2 is 2.06 bits per heavy atom. The molecule has 0 saturated heterocycles. The largest absolute Gasteiger partial charge is 0.493 e. The van der Waals surface area contributed by atoms with Crippen LogP contribution in [0.2, 0.25) is 0 Å². The first-order valence-corrected chi connectivity index (χ1v) is 6.53. The molecule has 0 amide bonds. The number of hydrogen-bond acceptors (Lipinski definition) is 4. The van der Waals surface area contributed by atoms with Crippen molar-refractivity contribution in [1.29, 1.82) is 0 Å². The minimum absolute atomic E-state index is 0.404.